The van der Waals surface area contributed by atoms with Gasteiger partial charge in [0.15, 0.2) is 0 Å². The van der Waals surface area contributed by atoms with Crippen LogP contribution in [0.4, 0.5) is 0 Å². The molecular formula is C18H14O3. The summed E-state index contributed by atoms with van der Waals surface area (Å²) in [5.41, 5.74) is 1.84. The molecular weight excluding hydrogens is 264 g/mol. The Morgan fingerprint density at radius 1 is 0.810 bits per heavy atom. The van der Waals surface area contributed by atoms with Crippen LogP contribution in [-0.2, 0) is 4.74 Å². The summed E-state index contributed by atoms with van der Waals surface area (Å²) < 4.78 is 5.51. The molecule has 104 valence electrons. The average Bonchev–Trinajstić information content (AvgIpc) is 3.32. The van der Waals surface area contributed by atoms with Crippen molar-refractivity contribution in [1.29, 1.82) is 0 Å². The molecule has 1 fully saturated rings. The van der Waals surface area contributed by atoms with Crippen LogP contribution >= 0.6 is 0 Å². The van der Waals surface area contributed by atoms with Crippen LogP contribution in [0.15, 0.2) is 48.5 Å². The quantitative estimate of drug-likeness (QED) is 0.491. The van der Waals surface area contributed by atoms with Crippen LogP contribution in [-0.4, -0.2) is 22.4 Å². The van der Waals surface area contributed by atoms with Gasteiger partial charge < -0.3 is 14.9 Å². The van der Waals surface area contributed by atoms with Crippen LogP contribution in [0.25, 0.3) is 21.5 Å². The van der Waals surface area contributed by atoms with Gasteiger partial charge in [-0.25, -0.2) is 0 Å². The molecule has 5 rings (SSSR count). The Balaban J connectivity index is 1.90. The van der Waals surface area contributed by atoms with Gasteiger partial charge in [-0.15, -0.1) is 0 Å². The highest BCUT2D eigenvalue weighted by atomic mass is 16.6. The molecule has 1 aliphatic carbocycles. The summed E-state index contributed by atoms with van der Waals surface area (Å²) in [4.78, 5) is 0. The summed E-state index contributed by atoms with van der Waals surface area (Å²) in [5.74, 6) is 0. The van der Waals surface area contributed by atoms with Crippen LogP contribution in [0.2, 0.25) is 0 Å². The number of hydrogen-bond acceptors (Lipinski definition) is 3. The van der Waals surface area contributed by atoms with Gasteiger partial charge in [-0.2, -0.15) is 0 Å². The van der Waals surface area contributed by atoms with E-state index in [1.54, 1.807) is 0 Å². The van der Waals surface area contributed by atoms with Gasteiger partial charge in [-0.1, -0.05) is 48.5 Å². The van der Waals surface area contributed by atoms with Crippen LogP contribution in [0, 0.1) is 0 Å². The molecule has 0 amide bonds. The standard InChI is InChI=1S/C18H14O3/c19-15-14-12-6-5-9-3-1-2-4-10(9)11(12)7-8-13(14)17-18(21-17)16(15)20/h1-8,15-20H/t15-,16+,17-,18+/m1/s1. The minimum Gasteiger partial charge on any atom is -0.387 e. The number of rotatable bonds is 0. The van der Waals surface area contributed by atoms with E-state index in [0.717, 1.165) is 21.9 Å². The molecule has 3 heteroatoms. The molecule has 3 aromatic carbocycles. The number of benzene rings is 3. The van der Waals surface area contributed by atoms with E-state index in [2.05, 4.69) is 24.3 Å². The first-order valence-corrected chi connectivity index (χ1v) is 7.21. The van der Waals surface area contributed by atoms with Crippen molar-refractivity contribution in [3.63, 3.8) is 0 Å². The van der Waals surface area contributed by atoms with Gasteiger partial charge in [0.1, 0.15) is 24.4 Å². The Morgan fingerprint density at radius 3 is 2.52 bits per heavy atom. The van der Waals surface area contributed by atoms with Crippen molar-refractivity contribution >= 4 is 21.5 Å². The molecule has 4 atom stereocenters. The van der Waals surface area contributed by atoms with Crippen molar-refractivity contribution in [3.05, 3.63) is 59.7 Å². The van der Waals surface area contributed by atoms with E-state index in [0.29, 0.717) is 0 Å². The van der Waals surface area contributed by atoms with E-state index in [-0.39, 0.29) is 12.2 Å². The topological polar surface area (TPSA) is 53.0 Å². The molecule has 3 nitrogen and oxygen atoms in total. The van der Waals surface area contributed by atoms with E-state index in [9.17, 15) is 10.2 Å². The highest BCUT2D eigenvalue weighted by Crippen LogP contribution is 2.52. The first-order valence-electron chi connectivity index (χ1n) is 7.21. The minimum atomic E-state index is -0.881. The van der Waals surface area contributed by atoms with Gasteiger partial charge in [-0.3, -0.25) is 0 Å². The number of aliphatic hydroxyl groups is 2. The second-order valence-corrected chi connectivity index (χ2v) is 5.91. The summed E-state index contributed by atoms with van der Waals surface area (Å²) >= 11 is 0. The largest absolute Gasteiger partial charge is 0.387 e. The molecule has 0 saturated carbocycles. The highest BCUT2D eigenvalue weighted by molar-refractivity contribution is 6.09. The van der Waals surface area contributed by atoms with Crippen molar-refractivity contribution in [2.45, 2.75) is 24.4 Å². The molecule has 21 heavy (non-hydrogen) atoms. The lowest BCUT2D eigenvalue weighted by Gasteiger charge is -2.25. The molecule has 0 bridgehead atoms. The maximum atomic E-state index is 10.5. The molecule has 1 aliphatic heterocycles. The minimum absolute atomic E-state index is 0.0609. The third kappa shape index (κ3) is 1.43. The number of epoxide rings is 1. The lowest BCUT2D eigenvalue weighted by Crippen LogP contribution is -2.29. The van der Waals surface area contributed by atoms with E-state index < -0.39 is 12.2 Å². The van der Waals surface area contributed by atoms with Crippen molar-refractivity contribution in [1.82, 2.24) is 0 Å². The predicted molar refractivity (Wildman–Crippen MR) is 80.0 cm³/mol. The average molecular weight is 278 g/mol. The molecule has 2 aliphatic rings. The van der Waals surface area contributed by atoms with Crippen LogP contribution in [0.1, 0.15) is 23.3 Å². The fourth-order valence-corrected chi connectivity index (χ4v) is 3.69. The number of fused-ring (bicyclic) bond motifs is 7. The molecule has 0 aromatic heterocycles. The molecule has 1 heterocycles. The maximum absolute atomic E-state index is 10.5. The van der Waals surface area contributed by atoms with Crippen molar-refractivity contribution in [2.24, 2.45) is 0 Å². The summed E-state index contributed by atoms with van der Waals surface area (Å²) in [6.45, 7) is 0. The zero-order valence-electron chi connectivity index (χ0n) is 11.2. The maximum Gasteiger partial charge on any atom is 0.118 e. The second-order valence-electron chi connectivity index (χ2n) is 5.91. The highest BCUT2D eigenvalue weighted by Gasteiger charge is 2.54. The smallest absolute Gasteiger partial charge is 0.118 e. The normalized spacial score (nSPS) is 30.2. The summed E-state index contributed by atoms with van der Waals surface area (Å²) in [6, 6.07) is 16.4. The van der Waals surface area contributed by atoms with Gasteiger partial charge in [0.2, 0.25) is 0 Å². The van der Waals surface area contributed by atoms with Gasteiger partial charge in [-0.05, 0) is 32.7 Å². The van der Waals surface area contributed by atoms with E-state index in [4.69, 9.17) is 4.74 Å². The van der Waals surface area contributed by atoms with Gasteiger partial charge >= 0.3 is 0 Å². The molecule has 2 N–H and O–H groups in total. The van der Waals surface area contributed by atoms with Crippen molar-refractivity contribution in [2.75, 3.05) is 0 Å². The Morgan fingerprint density at radius 2 is 1.62 bits per heavy atom. The molecule has 3 aromatic rings. The Labute approximate surface area is 121 Å². The molecule has 0 spiro atoms. The van der Waals surface area contributed by atoms with Crippen LogP contribution in [0.3, 0.4) is 0 Å². The van der Waals surface area contributed by atoms with Crippen LogP contribution < -0.4 is 0 Å². The second kappa shape index (κ2) is 3.83. The third-order valence-electron chi connectivity index (χ3n) is 4.79. The monoisotopic (exact) mass is 278 g/mol. The number of ether oxygens (including phenoxy) is 1. The number of hydrogen-bond donors (Lipinski definition) is 2. The number of aliphatic hydroxyl groups excluding tert-OH is 2. The molecule has 0 unspecified atom stereocenters. The van der Waals surface area contributed by atoms with Gasteiger partial charge in [0, 0.05) is 0 Å². The fraction of sp³-hybridized carbons (Fsp3) is 0.222. The molecule has 0 radical (unpaired) electrons. The SMILES string of the molecule is O[C@@H]1[C@@H]2O[C@@H]2c2ccc3c(ccc4ccccc43)c2[C@H]1O. The first kappa shape index (κ1) is 11.7. The van der Waals surface area contributed by atoms with E-state index >= 15 is 0 Å². The summed E-state index contributed by atoms with van der Waals surface area (Å²) in [6.07, 6.45) is -2.02. The van der Waals surface area contributed by atoms with E-state index in [1.165, 1.54) is 10.8 Å². The fourth-order valence-electron chi connectivity index (χ4n) is 3.69. The Kier molecular flexibility index (Phi) is 2.13. The zero-order chi connectivity index (χ0) is 14.1. The Bertz CT molecular complexity index is 886. The lowest BCUT2D eigenvalue weighted by molar-refractivity contribution is 0.000831. The zero-order valence-corrected chi connectivity index (χ0v) is 11.2. The first-order chi connectivity index (χ1) is 10.3. The van der Waals surface area contributed by atoms with Crippen LogP contribution in [0.5, 0.6) is 0 Å². The Hall–Kier alpha value is -1.94. The van der Waals surface area contributed by atoms with Crippen molar-refractivity contribution < 1.29 is 14.9 Å². The lowest BCUT2D eigenvalue weighted by atomic mass is 9.83. The van der Waals surface area contributed by atoms with Gasteiger partial charge in [0.05, 0.1) is 0 Å². The van der Waals surface area contributed by atoms with Gasteiger partial charge in [0.25, 0.3) is 0 Å². The predicted octanol–water partition coefficient (Wildman–Crippen LogP) is 2.84. The van der Waals surface area contributed by atoms with Crippen molar-refractivity contribution in [3.8, 4) is 0 Å². The summed E-state index contributed by atoms with van der Waals surface area (Å²) in [5, 5.41) is 25.1. The third-order valence-corrected chi connectivity index (χ3v) is 4.79. The summed E-state index contributed by atoms with van der Waals surface area (Å²) in [7, 11) is 0. The molecule has 1 saturated heterocycles. The van der Waals surface area contributed by atoms with E-state index in [1.807, 2.05) is 24.3 Å².